The molecule has 3 heterocycles. The lowest BCUT2D eigenvalue weighted by atomic mass is 10.00. The molecular formula is C21H18N4OS. The Morgan fingerprint density at radius 3 is 2.85 bits per heavy atom. The van der Waals surface area contributed by atoms with Crippen LogP contribution in [0.2, 0.25) is 0 Å². The number of aromatic nitrogens is 4. The minimum atomic E-state index is 0.0439. The highest BCUT2D eigenvalue weighted by molar-refractivity contribution is 7.15. The lowest BCUT2D eigenvalue weighted by Crippen LogP contribution is -2.03. The Balaban J connectivity index is 1.84. The summed E-state index contributed by atoms with van der Waals surface area (Å²) in [6.07, 6.45) is 5.72. The van der Waals surface area contributed by atoms with Crippen LogP contribution in [0, 0.1) is 6.92 Å². The van der Waals surface area contributed by atoms with Crippen molar-refractivity contribution in [3.05, 3.63) is 65.7 Å². The van der Waals surface area contributed by atoms with Gasteiger partial charge in [0.1, 0.15) is 12.0 Å². The molecule has 4 rings (SSSR count). The van der Waals surface area contributed by atoms with E-state index in [1.807, 2.05) is 43.6 Å². The van der Waals surface area contributed by atoms with Gasteiger partial charge in [0.15, 0.2) is 5.78 Å². The summed E-state index contributed by atoms with van der Waals surface area (Å²) in [6.45, 7) is 7.46. The number of fused-ring (bicyclic) bond motifs is 1. The first kappa shape index (κ1) is 17.3. The van der Waals surface area contributed by atoms with E-state index in [4.69, 9.17) is 0 Å². The van der Waals surface area contributed by atoms with Gasteiger partial charge in [-0.25, -0.2) is 15.0 Å². The van der Waals surface area contributed by atoms with Crippen LogP contribution < -0.4 is 0 Å². The summed E-state index contributed by atoms with van der Waals surface area (Å²) in [6, 6.07) is 7.92. The second-order valence-corrected chi connectivity index (χ2v) is 7.71. The summed E-state index contributed by atoms with van der Waals surface area (Å²) in [5.41, 5.74) is 5.12. The molecule has 0 radical (unpaired) electrons. The summed E-state index contributed by atoms with van der Waals surface area (Å²) >= 11 is 1.64. The third-order valence-corrected chi connectivity index (χ3v) is 5.34. The van der Waals surface area contributed by atoms with Gasteiger partial charge in [0.25, 0.3) is 0 Å². The topological polar surface area (TPSA) is 71.5 Å². The van der Waals surface area contributed by atoms with Gasteiger partial charge in [0.05, 0.1) is 21.0 Å². The minimum absolute atomic E-state index is 0.0439. The number of H-pyrrole nitrogens is 1. The van der Waals surface area contributed by atoms with E-state index in [2.05, 4.69) is 26.5 Å². The lowest BCUT2D eigenvalue weighted by Gasteiger charge is -2.07. The van der Waals surface area contributed by atoms with Crippen molar-refractivity contribution in [1.29, 1.82) is 0 Å². The molecule has 0 saturated carbocycles. The van der Waals surface area contributed by atoms with E-state index in [0.29, 0.717) is 12.0 Å². The van der Waals surface area contributed by atoms with Gasteiger partial charge in [-0.15, -0.1) is 11.3 Å². The number of thiazole rings is 1. The predicted octanol–water partition coefficient (Wildman–Crippen LogP) is 4.74. The van der Waals surface area contributed by atoms with E-state index in [9.17, 15) is 4.79 Å². The number of nitrogens with zero attached hydrogens (tertiary/aromatic N) is 3. The number of aryl methyl sites for hydroxylation is 1. The van der Waals surface area contributed by atoms with Gasteiger partial charge in [0, 0.05) is 29.9 Å². The standard InChI is InChI=1S/C21H18N4OS/c1-12(2)17(26)8-14-5-4-6-15(7-14)20-19-16(18-10-22-13(3)27-18)9-23-21(19)25-11-24-20/h4-7,9-11H,1,8H2,2-3H3,(H,23,24,25). The predicted molar refractivity (Wildman–Crippen MR) is 109 cm³/mol. The molecule has 0 spiro atoms. The highest BCUT2D eigenvalue weighted by Gasteiger charge is 2.16. The SMILES string of the molecule is C=C(C)C(=O)Cc1cccc(-c2ncnc3[nH]cc(-c4cnc(C)s4)c23)c1. The maximum absolute atomic E-state index is 12.0. The van der Waals surface area contributed by atoms with Crippen molar-refractivity contribution in [3.8, 4) is 21.7 Å². The number of aromatic amines is 1. The summed E-state index contributed by atoms with van der Waals surface area (Å²) in [5, 5.41) is 1.97. The zero-order valence-corrected chi connectivity index (χ0v) is 15.9. The molecule has 3 aromatic heterocycles. The Bertz CT molecular complexity index is 1170. The second-order valence-electron chi connectivity index (χ2n) is 6.47. The molecule has 0 aliphatic rings. The first-order valence-corrected chi connectivity index (χ1v) is 9.37. The van der Waals surface area contributed by atoms with Gasteiger partial charge < -0.3 is 4.98 Å². The summed E-state index contributed by atoms with van der Waals surface area (Å²) in [4.78, 5) is 29.6. The Hall–Kier alpha value is -3.12. The van der Waals surface area contributed by atoms with Crippen LogP contribution in [0.15, 0.2) is 55.1 Å². The van der Waals surface area contributed by atoms with Crippen LogP contribution >= 0.6 is 11.3 Å². The molecule has 1 N–H and O–H groups in total. The van der Waals surface area contributed by atoms with Crippen LogP contribution in [-0.2, 0) is 11.2 Å². The van der Waals surface area contributed by atoms with E-state index in [1.54, 1.807) is 24.6 Å². The third kappa shape index (κ3) is 3.31. The highest BCUT2D eigenvalue weighted by atomic mass is 32.1. The Morgan fingerprint density at radius 1 is 1.26 bits per heavy atom. The quantitative estimate of drug-likeness (QED) is 0.512. The fraction of sp³-hybridized carbons (Fsp3) is 0.143. The molecule has 0 fully saturated rings. The maximum atomic E-state index is 12.0. The van der Waals surface area contributed by atoms with Gasteiger partial charge in [-0.1, -0.05) is 24.8 Å². The average Bonchev–Trinajstić information content (AvgIpc) is 3.27. The monoisotopic (exact) mass is 374 g/mol. The number of Topliss-reactive ketones (excluding diaryl/α,β-unsaturated/α-hetero) is 1. The van der Waals surface area contributed by atoms with Gasteiger partial charge in [-0.05, 0) is 31.1 Å². The van der Waals surface area contributed by atoms with Gasteiger partial charge in [0.2, 0.25) is 0 Å². The smallest absolute Gasteiger partial charge is 0.162 e. The highest BCUT2D eigenvalue weighted by Crippen LogP contribution is 2.36. The van der Waals surface area contributed by atoms with E-state index in [-0.39, 0.29) is 5.78 Å². The van der Waals surface area contributed by atoms with Gasteiger partial charge >= 0.3 is 0 Å². The molecule has 0 atom stereocenters. The molecule has 0 saturated heterocycles. The Morgan fingerprint density at radius 2 is 2.11 bits per heavy atom. The second kappa shape index (κ2) is 6.89. The number of hydrogen-bond acceptors (Lipinski definition) is 5. The number of rotatable bonds is 5. The molecule has 4 aromatic rings. The summed E-state index contributed by atoms with van der Waals surface area (Å²) < 4.78 is 0. The largest absolute Gasteiger partial charge is 0.345 e. The maximum Gasteiger partial charge on any atom is 0.162 e. The first-order chi connectivity index (χ1) is 13.0. The molecule has 0 aliphatic carbocycles. The molecule has 5 nitrogen and oxygen atoms in total. The minimum Gasteiger partial charge on any atom is -0.345 e. The van der Waals surface area contributed by atoms with Crippen molar-refractivity contribution in [2.75, 3.05) is 0 Å². The van der Waals surface area contributed by atoms with E-state index in [0.717, 1.165) is 43.3 Å². The van der Waals surface area contributed by atoms with E-state index < -0.39 is 0 Å². The number of allylic oxidation sites excluding steroid dienone is 1. The van der Waals surface area contributed by atoms with Crippen LogP contribution in [-0.4, -0.2) is 25.7 Å². The number of nitrogens with one attached hydrogen (secondary N) is 1. The molecule has 1 aromatic carbocycles. The zero-order valence-electron chi connectivity index (χ0n) is 15.1. The average molecular weight is 374 g/mol. The third-order valence-electron chi connectivity index (χ3n) is 4.40. The molecule has 0 unspecified atom stereocenters. The van der Waals surface area contributed by atoms with Crippen LogP contribution in [0.1, 0.15) is 17.5 Å². The number of carbonyl (C=O) groups excluding carboxylic acids is 1. The van der Waals surface area contributed by atoms with Gasteiger partial charge in [-0.3, -0.25) is 4.79 Å². The lowest BCUT2D eigenvalue weighted by molar-refractivity contribution is -0.114. The van der Waals surface area contributed by atoms with E-state index >= 15 is 0 Å². The van der Waals surface area contributed by atoms with Crippen molar-refractivity contribution >= 4 is 28.2 Å². The fourth-order valence-electron chi connectivity index (χ4n) is 3.03. The van der Waals surface area contributed by atoms with Crippen LogP contribution in [0.4, 0.5) is 0 Å². The van der Waals surface area contributed by atoms with Crippen molar-refractivity contribution in [2.45, 2.75) is 20.3 Å². The zero-order chi connectivity index (χ0) is 19.0. The number of benzene rings is 1. The summed E-state index contributed by atoms with van der Waals surface area (Å²) in [7, 11) is 0. The molecular weight excluding hydrogens is 356 g/mol. The number of hydrogen-bond donors (Lipinski definition) is 1. The first-order valence-electron chi connectivity index (χ1n) is 8.56. The van der Waals surface area contributed by atoms with Gasteiger partial charge in [-0.2, -0.15) is 0 Å². The van der Waals surface area contributed by atoms with Crippen molar-refractivity contribution < 1.29 is 4.79 Å². The Kier molecular flexibility index (Phi) is 4.41. The molecule has 6 heteroatoms. The molecule has 27 heavy (non-hydrogen) atoms. The summed E-state index contributed by atoms with van der Waals surface area (Å²) in [5.74, 6) is 0.0439. The molecule has 0 aliphatic heterocycles. The fourth-order valence-corrected chi connectivity index (χ4v) is 3.83. The van der Waals surface area contributed by atoms with Crippen LogP contribution in [0.25, 0.3) is 32.7 Å². The van der Waals surface area contributed by atoms with Crippen molar-refractivity contribution in [3.63, 3.8) is 0 Å². The van der Waals surface area contributed by atoms with Crippen molar-refractivity contribution in [1.82, 2.24) is 19.9 Å². The van der Waals surface area contributed by atoms with Crippen LogP contribution in [0.3, 0.4) is 0 Å². The van der Waals surface area contributed by atoms with Crippen molar-refractivity contribution in [2.24, 2.45) is 0 Å². The molecule has 134 valence electrons. The number of carbonyl (C=O) groups is 1. The van der Waals surface area contributed by atoms with E-state index in [1.165, 1.54) is 0 Å². The normalized spacial score (nSPS) is 11.0. The molecule has 0 bridgehead atoms. The Labute approximate surface area is 160 Å². The molecule has 0 amide bonds. The van der Waals surface area contributed by atoms with Crippen LogP contribution in [0.5, 0.6) is 0 Å². The number of ketones is 1.